The Kier molecular flexibility index (Phi) is 6.48. The van der Waals surface area contributed by atoms with Gasteiger partial charge in [-0.1, -0.05) is 6.07 Å². The predicted molar refractivity (Wildman–Crippen MR) is 83.5 cm³/mol. The maximum Gasteiger partial charge on any atom is 0.339 e. The molecule has 1 aromatic carbocycles. The van der Waals surface area contributed by atoms with Crippen molar-refractivity contribution in [2.45, 2.75) is 6.54 Å². The molecule has 0 aliphatic carbocycles. The molecule has 0 saturated carbocycles. The highest BCUT2D eigenvalue weighted by Gasteiger charge is 2.17. The van der Waals surface area contributed by atoms with Crippen molar-refractivity contribution < 1.29 is 28.5 Å². The van der Waals surface area contributed by atoms with Crippen LogP contribution in [0.4, 0.5) is 0 Å². The van der Waals surface area contributed by atoms with E-state index >= 15 is 0 Å². The predicted octanol–water partition coefficient (Wildman–Crippen LogP) is 0.361. The summed E-state index contributed by atoms with van der Waals surface area (Å²) in [4.78, 5) is 13.0. The van der Waals surface area contributed by atoms with Crippen LogP contribution in [-0.4, -0.2) is 73.5 Å². The van der Waals surface area contributed by atoms with Crippen molar-refractivity contribution in [3.05, 3.63) is 29.3 Å². The van der Waals surface area contributed by atoms with Gasteiger partial charge in [-0.05, 0) is 17.7 Å². The zero-order valence-corrected chi connectivity index (χ0v) is 13.4. The highest BCUT2D eigenvalue weighted by molar-refractivity contribution is 7.76. The van der Waals surface area contributed by atoms with Crippen LogP contribution in [0.2, 0.25) is 0 Å². The fraction of sp³-hybridized carbons (Fsp3) is 0.500. The number of hydrogen-bond acceptors (Lipinski definition) is 5. The molecule has 0 bridgehead atoms. The summed E-state index contributed by atoms with van der Waals surface area (Å²) >= 11 is -2.15. The van der Waals surface area contributed by atoms with Crippen LogP contribution >= 0.6 is 0 Å². The lowest BCUT2D eigenvalue weighted by atomic mass is 10.1. The lowest BCUT2D eigenvalue weighted by molar-refractivity contribution is 0.0361. The molecule has 1 aliphatic heterocycles. The van der Waals surface area contributed by atoms with E-state index in [4.69, 9.17) is 9.84 Å². The van der Waals surface area contributed by atoms with E-state index in [1.807, 2.05) is 0 Å². The van der Waals surface area contributed by atoms with Crippen molar-refractivity contribution in [2.24, 2.45) is 0 Å². The number of ether oxygens (including phenoxy) is 1. The van der Waals surface area contributed by atoms with Crippen LogP contribution in [0.25, 0.3) is 0 Å². The number of nitrogens with zero attached hydrogens (tertiary/aromatic N) is 2. The second-order valence-corrected chi connectivity index (χ2v) is 6.18. The summed E-state index contributed by atoms with van der Waals surface area (Å²) in [5.41, 5.74) is 0.371. The summed E-state index contributed by atoms with van der Waals surface area (Å²) in [6.07, 6.45) is 0. The van der Waals surface area contributed by atoms with Gasteiger partial charge in [-0.25, -0.2) is 9.00 Å². The third-order valence-corrected chi connectivity index (χ3v) is 4.40. The van der Waals surface area contributed by atoms with E-state index in [-0.39, 0.29) is 17.9 Å². The number of carboxylic acids is 1. The monoisotopic (exact) mass is 344 g/mol. The van der Waals surface area contributed by atoms with E-state index in [0.717, 1.165) is 13.1 Å². The Morgan fingerprint density at radius 1 is 1.35 bits per heavy atom. The number of carbonyl (C=O) groups is 1. The Bertz CT molecular complexity index is 576. The van der Waals surface area contributed by atoms with Crippen LogP contribution in [0.15, 0.2) is 18.2 Å². The van der Waals surface area contributed by atoms with Crippen molar-refractivity contribution in [3.8, 4) is 5.75 Å². The molecule has 3 N–H and O–H groups in total. The Balaban J connectivity index is 1.97. The van der Waals surface area contributed by atoms with Crippen molar-refractivity contribution >= 4 is 17.2 Å². The van der Waals surface area contributed by atoms with Crippen molar-refractivity contribution in [3.63, 3.8) is 0 Å². The first-order valence-electron chi connectivity index (χ1n) is 7.18. The van der Waals surface area contributed by atoms with Gasteiger partial charge < -0.3 is 14.9 Å². The van der Waals surface area contributed by atoms with Gasteiger partial charge in [0.1, 0.15) is 11.3 Å². The van der Waals surface area contributed by atoms with Gasteiger partial charge >= 0.3 is 5.97 Å². The average molecular weight is 344 g/mol. The number of morpholine rings is 1. The Labute approximate surface area is 136 Å². The number of benzene rings is 1. The molecule has 1 aliphatic rings. The summed E-state index contributed by atoms with van der Waals surface area (Å²) in [5, 5.41) is 18.6. The molecule has 1 heterocycles. The van der Waals surface area contributed by atoms with Gasteiger partial charge in [0.25, 0.3) is 0 Å². The maximum atomic E-state index is 11.5. The fourth-order valence-corrected chi connectivity index (χ4v) is 2.85. The average Bonchev–Trinajstić information content (AvgIpc) is 2.51. The number of hydrogen-bond donors (Lipinski definition) is 3. The normalized spacial score (nSPS) is 17.3. The summed E-state index contributed by atoms with van der Waals surface area (Å²) in [7, 11) is 0. The molecule has 9 heteroatoms. The lowest BCUT2D eigenvalue weighted by Gasteiger charge is -2.28. The molecule has 1 saturated heterocycles. The number of phenols is 1. The zero-order valence-electron chi connectivity index (χ0n) is 12.6. The molecule has 0 spiro atoms. The molecule has 1 fully saturated rings. The molecule has 0 aromatic heterocycles. The van der Waals surface area contributed by atoms with Crippen LogP contribution in [0.3, 0.4) is 0 Å². The Morgan fingerprint density at radius 3 is 2.61 bits per heavy atom. The summed E-state index contributed by atoms with van der Waals surface area (Å²) in [5.74, 6) is -1.57. The third-order valence-electron chi connectivity index (χ3n) is 3.64. The van der Waals surface area contributed by atoms with Crippen molar-refractivity contribution in [1.82, 2.24) is 9.21 Å². The largest absolute Gasteiger partial charge is 0.507 e. The van der Waals surface area contributed by atoms with Gasteiger partial charge in [0.15, 0.2) is 0 Å². The first kappa shape index (κ1) is 17.8. The lowest BCUT2D eigenvalue weighted by Crippen LogP contribution is -2.41. The van der Waals surface area contributed by atoms with Gasteiger partial charge in [-0.15, -0.1) is 0 Å². The molecule has 0 amide bonds. The Morgan fingerprint density at radius 2 is 2.04 bits per heavy atom. The highest BCUT2D eigenvalue weighted by Crippen LogP contribution is 2.20. The minimum absolute atomic E-state index is 0.140. The van der Waals surface area contributed by atoms with Crippen LogP contribution in [-0.2, 0) is 22.5 Å². The molecule has 1 atom stereocenters. The van der Waals surface area contributed by atoms with E-state index in [1.165, 1.54) is 22.5 Å². The van der Waals surface area contributed by atoms with Gasteiger partial charge in [-0.3, -0.25) is 9.45 Å². The van der Waals surface area contributed by atoms with Crippen LogP contribution in [0.5, 0.6) is 5.75 Å². The molecule has 0 radical (unpaired) electrons. The minimum atomic E-state index is -2.15. The minimum Gasteiger partial charge on any atom is -0.507 e. The van der Waals surface area contributed by atoms with E-state index in [2.05, 4.69) is 4.90 Å². The summed E-state index contributed by atoms with van der Waals surface area (Å²) in [6.45, 7) is 4.06. The van der Waals surface area contributed by atoms with E-state index in [1.54, 1.807) is 0 Å². The number of rotatable bonds is 7. The number of carboxylic acid groups (broad SMARTS) is 1. The molecule has 1 unspecified atom stereocenters. The van der Waals surface area contributed by atoms with E-state index < -0.39 is 17.2 Å². The van der Waals surface area contributed by atoms with Gasteiger partial charge in [0.2, 0.25) is 11.3 Å². The first-order valence-corrected chi connectivity index (χ1v) is 8.25. The molecule has 8 nitrogen and oxygen atoms in total. The first-order chi connectivity index (χ1) is 11.0. The Hall–Kier alpha value is -1.52. The van der Waals surface area contributed by atoms with Crippen molar-refractivity contribution in [2.75, 3.05) is 39.4 Å². The second kappa shape index (κ2) is 8.37. The molecular formula is C14H20N2O6S. The summed E-state index contributed by atoms with van der Waals surface area (Å²) < 4.78 is 27.5. The standard InChI is InChI=1S/C14H20N2O6S/c17-13-9-11(1-2-12(13)14(18)19)10-16(23(20)21)4-3-15-5-7-22-8-6-15/h1-2,9,17H,3-8,10H2,(H,18,19)(H,20,21). The molecule has 23 heavy (non-hydrogen) atoms. The topological polar surface area (TPSA) is 111 Å². The zero-order chi connectivity index (χ0) is 16.8. The quantitative estimate of drug-likeness (QED) is 0.613. The van der Waals surface area contributed by atoms with Crippen molar-refractivity contribution in [1.29, 1.82) is 0 Å². The third kappa shape index (κ3) is 5.26. The summed E-state index contributed by atoms with van der Waals surface area (Å²) in [6, 6.07) is 4.11. The molecular weight excluding hydrogens is 324 g/mol. The smallest absolute Gasteiger partial charge is 0.339 e. The van der Waals surface area contributed by atoms with Crippen LogP contribution < -0.4 is 0 Å². The maximum absolute atomic E-state index is 11.5. The number of aromatic hydroxyl groups is 1. The molecule has 2 rings (SSSR count). The number of aromatic carboxylic acids is 1. The van der Waals surface area contributed by atoms with Crippen LogP contribution in [0, 0.1) is 0 Å². The van der Waals surface area contributed by atoms with Gasteiger partial charge in [-0.2, -0.15) is 4.31 Å². The van der Waals surface area contributed by atoms with Gasteiger partial charge in [0.05, 0.1) is 13.2 Å². The van der Waals surface area contributed by atoms with Gasteiger partial charge in [0, 0.05) is 32.7 Å². The second-order valence-electron chi connectivity index (χ2n) is 5.20. The van der Waals surface area contributed by atoms with E-state index in [0.29, 0.717) is 31.9 Å². The van der Waals surface area contributed by atoms with E-state index in [9.17, 15) is 18.7 Å². The fourth-order valence-electron chi connectivity index (χ4n) is 2.35. The molecule has 128 valence electrons. The SMILES string of the molecule is O=C(O)c1ccc(CN(CCN2CCOCC2)S(=O)O)cc1O. The highest BCUT2D eigenvalue weighted by atomic mass is 32.2. The molecule has 1 aromatic rings. The van der Waals surface area contributed by atoms with Crippen LogP contribution in [0.1, 0.15) is 15.9 Å².